The number of H-pyrrole nitrogens is 2. The number of halogens is 3. The molecule has 0 aliphatic carbocycles. The van der Waals surface area contributed by atoms with Crippen molar-refractivity contribution < 1.29 is 4.74 Å². The number of aromatic nitrogens is 8. The highest BCUT2D eigenvalue weighted by Gasteiger charge is 2.10. The quantitative estimate of drug-likeness (QED) is 0.120. The molecule has 0 amide bonds. The van der Waals surface area contributed by atoms with Crippen LogP contribution in [0.25, 0.3) is 0 Å². The summed E-state index contributed by atoms with van der Waals surface area (Å²) in [5, 5.41) is 17.1. The fraction of sp³-hybridized carbons (Fsp3) is 0.231. The van der Waals surface area contributed by atoms with E-state index in [1.807, 2.05) is 57.2 Å². The van der Waals surface area contributed by atoms with Crippen molar-refractivity contribution in [1.82, 2.24) is 40.3 Å². The molecular weight excluding hydrogens is 575 g/mol. The largest absolute Gasteiger partial charge is 0.483 e. The van der Waals surface area contributed by atoms with E-state index in [-0.39, 0.29) is 25.4 Å². The van der Waals surface area contributed by atoms with E-state index >= 15 is 0 Å². The van der Waals surface area contributed by atoms with Gasteiger partial charge in [0.2, 0.25) is 10.6 Å². The fourth-order valence-corrected chi connectivity index (χ4v) is 3.16. The summed E-state index contributed by atoms with van der Waals surface area (Å²) in [5.41, 5.74) is 9.06. The van der Waals surface area contributed by atoms with Gasteiger partial charge in [-0.1, -0.05) is 56.8 Å². The lowest BCUT2D eigenvalue weighted by Gasteiger charge is -2.10. The summed E-state index contributed by atoms with van der Waals surface area (Å²) >= 11 is 16.8. The molecule has 0 bridgehead atoms. The van der Waals surface area contributed by atoms with E-state index in [1.165, 1.54) is 0 Å². The van der Waals surface area contributed by atoms with Gasteiger partial charge in [0.25, 0.3) is 0 Å². The number of aryl methyl sites for hydroxylation is 3. The summed E-state index contributed by atoms with van der Waals surface area (Å²) in [6, 6.07) is 13.5. The van der Waals surface area contributed by atoms with Crippen molar-refractivity contribution in [2.45, 2.75) is 42.2 Å². The lowest BCUT2D eigenvalue weighted by Crippen LogP contribution is -2.02. The van der Waals surface area contributed by atoms with Gasteiger partial charge in [-0.05, 0) is 49.5 Å². The Hall–Kier alpha value is -3.93. The highest BCUT2D eigenvalue weighted by molar-refractivity contribution is 6.32. The molecule has 0 saturated heterocycles. The summed E-state index contributed by atoms with van der Waals surface area (Å²) in [5.74, 6) is 2.17. The van der Waals surface area contributed by atoms with Crippen LogP contribution in [0.15, 0.2) is 54.9 Å². The van der Waals surface area contributed by atoms with E-state index < -0.39 is 0 Å². The maximum Gasteiger partial charge on any atom is 0.224 e. The summed E-state index contributed by atoms with van der Waals surface area (Å²) in [6.07, 6.45) is 3.12. The number of benzene rings is 1. The molecule has 0 spiro atoms. The maximum absolute atomic E-state index is 5.86. The van der Waals surface area contributed by atoms with Crippen LogP contribution in [0.3, 0.4) is 0 Å². The van der Waals surface area contributed by atoms with E-state index in [4.69, 9.17) is 45.3 Å². The second-order valence-electron chi connectivity index (χ2n) is 7.78. The zero-order valence-corrected chi connectivity index (χ0v) is 23.0. The number of nitrogen functional groups attached to an aromatic ring is 1. The van der Waals surface area contributed by atoms with E-state index in [1.54, 1.807) is 18.5 Å². The number of nitrogens with zero attached hydrogens (tertiary/aromatic N) is 6. The Morgan fingerprint density at radius 1 is 0.850 bits per heavy atom. The molecule has 1 aromatic carbocycles. The van der Waals surface area contributed by atoms with Crippen molar-refractivity contribution in [3.05, 3.63) is 93.1 Å². The molecule has 11 nitrogen and oxygen atoms in total. The average Bonchev–Trinajstić information content (AvgIpc) is 3.48. The fourth-order valence-electron chi connectivity index (χ4n) is 2.72. The zero-order chi connectivity index (χ0) is 27.5. The van der Waals surface area contributed by atoms with Gasteiger partial charge in [0, 0.05) is 35.3 Å². The molecule has 14 heteroatoms. The van der Waals surface area contributed by atoms with E-state index in [2.05, 4.69) is 45.6 Å². The predicted molar refractivity (Wildman–Crippen MR) is 162 cm³/mol. The normalized spacial score (nSPS) is 9.55. The van der Waals surface area contributed by atoms with Gasteiger partial charge < -0.3 is 15.8 Å². The van der Waals surface area contributed by atoms with Crippen LogP contribution in [0.1, 0.15) is 37.4 Å². The van der Waals surface area contributed by atoms with Crippen molar-refractivity contribution in [2.24, 2.45) is 0 Å². The molecule has 5 rings (SSSR count). The van der Waals surface area contributed by atoms with Crippen LogP contribution < -0.4 is 15.8 Å². The van der Waals surface area contributed by atoms with Crippen molar-refractivity contribution >= 4 is 52.3 Å². The van der Waals surface area contributed by atoms with Gasteiger partial charge in [-0.25, -0.2) is 15.0 Å². The topological polar surface area (TPSA) is 156 Å². The van der Waals surface area contributed by atoms with Gasteiger partial charge in [0.15, 0.2) is 17.4 Å². The Morgan fingerprint density at radius 3 is 2.00 bits per heavy atom. The van der Waals surface area contributed by atoms with Crippen molar-refractivity contribution in [3.63, 3.8) is 0 Å². The van der Waals surface area contributed by atoms with Crippen LogP contribution in [-0.2, 0) is 6.61 Å². The van der Waals surface area contributed by atoms with E-state index in [0.717, 1.165) is 22.5 Å². The molecular formula is C26H33Cl3N10O. The molecule has 5 N–H and O–H groups in total. The van der Waals surface area contributed by atoms with Crippen molar-refractivity contribution in [3.8, 4) is 5.75 Å². The third kappa shape index (κ3) is 11.4. The molecule has 0 aliphatic heterocycles. The Labute approximate surface area is 248 Å². The summed E-state index contributed by atoms with van der Waals surface area (Å²) in [7, 11) is 0. The van der Waals surface area contributed by atoms with Crippen LogP contribution in [-0.4, -0.2) is 40.3 Å². The minimum absolute atomic E-state index is 0. The molecule has 0 fully saturated rings. The van der Waals surface area contributed by atoms with Crippen LogP contribution in [0.2, 0.25) is 15.7 Å². The van der Waals surface area contributed by atoms with Gasteiger partial charge in [0.05, 0.1) is 6.20 Å². The summed E-state index contributed by atoms with van der Waals surface area (Å²) < 4.78 is 5.77. The third-order valence-electron chi connectivity index (χ3n) is 4.52. The molecule has 214 valence electrons. The third-order valence-corrected chi connectivity index (χ3v) is 5.27. The van der Waals surface area contributed by atoms with Gasteiger partial charge in [-0.2, -0.15) is 15.2 Å². The number of rotatable bonds is 5. The molecule has 40 heavy (non-hydrogen) atoms. The number of anilines is 3. The lowest BCUT2D eigenvalue weighted by molar-refractivity contribution is 0.305. The number of aromatic amines is 2. The lowest BCUT2D eigenvalue weighted by atomic mass is 10.2. The molecule has 0 unspecified atom stereocenters. The van der Waals surface area contributed by atoms with E-state index in [9.17, 15) is 0 Å². The smallest absolute Gasteiger partial charge is 0.224 e. The van der Waals surface area contributed by atoms with Crippen LogP contribution in [0.5, 0.6) is 5.75 Å². The average molecular weight is 608 g/mol. The number of nitrogens with one attached hydrogen (secondary N) is 3. The first-order chi connectivity index (χ1) is 18.2. The number of hydrogen-bond donors (Lipinski definition) is 4. The Balaban J connectivity index is 0.000000367. The minimum atomic E-state index is 0. The monoisotopic (exact) mass is 606 g/mol. The highest BCUT2D eigenvalue weighted by atomic mass is 35.5. The first-order valence-electron chi connectivity index (χ1n) is 11.1. The Kier molecular flexibility index (Phi) is 14.4. The van der Waals surface area contributed by atoms with Crippen LogP contribution >= 0.6 is 34.8 Å². The number of ether oxygens (including phenoxy) is 1. The van der Waals surface area contributed by atoms with Crippen molar-refractivity contribution in [2.75, 3.05) is 11.1 Å². The summed E-state index contributed by atoms with van der Waals surface area (Å²) in [6.45, 7) is 6.06. The van der Waals surface area contributed by atoms with Crippen LogP contribution in [0, 0.1) is 20.8 Å². The number of hydrogen-bond acceptors (Lipinski definition) is 9. The molecule has 5 aromatic rings. The zero-order valence-electron chi connectivity index (χ0n) is 20.7. The predicted octanol–water partition coefficient (Wildman–Crippen LogP) is 7.15. The Morgan fingerprint density at radius 2 is 1.48 bits per heavy atom. The number of nitrogens with two attached hydrogens (primary N) is 1. The van der Waals surface area contributed by atoms with Crippen LogP contribution in [0.4, 0.5) is 17.5 Å². The maximum atomic E-state index is 5.86. The first kappa shape index (κ1) is 34.1. The summed E-state index contributed by atoms with van der Waals surface area (Å²) in [4.78, 5) is 15.5. The molecule has 0 saturated carbocycles. The van der Waals surface area contributed by atoms with Crippen molar-refractivity contribution in [1.29, 1.82) is 0 Å². The minimum Gasteiger partial charge on any atom is -0.483 e. The van der Waals surface area contributed by atoms with Gasteiger partial charge in [0.1, 0.15) is 17.6 Å². The van der Waals surface area contributed by atoms with Gasteiger partial charge in [-0.3, -0.25) is 10.2 Å². The first-order valence-corrected chi connectivity index (χ1v) is 12.2. The van der Waals surface area contributed by atoms with E-state index in [0.29, 0.717) is 35.0 Å². The highest BCUT2D eigenvalue weighted by Crippen LogP contribution is 2.26. The Bertz CT molecular complexity index is 1430. The SMILES string of the molecule is C.C.Cc1cc(N)n[nH]1.Cc1cc(Nc2nc(Cl)ncc2OCc2ccccc2)n[nH]1.Cc1cnc(Cl)nc1Cl. The second kappa shape index (κ2) is 16.9. The van der Waals surface area contributed by atoms with Gasteiger partial charge in [-0.15, -0.1) is 0 Å². The molecule has 0 atom stereocenters. The second-order valence-corrected chi connectivity index (χ2v) is 8.81. The molecule has 0 aliphatic rings. The van der Waals surface area contributed by atoms with Gasteiger partial charge >= 0.3 is 0 Å². The molecule has 4 heterocycles. The molecule has 0 radical (unpaired) electrons. The standard InChI is InChI=1S/C15H14ClN5O.C5H4Cl2N2.C4H7N3.2CH4/c1-10-7-13(21-20-10)18-14-12(8-17-15(16)19-14)22-9-11-5-3-2-4-6-11;1-3-2-8-5(7)9-4(3)6;1-3-2-4(5)7-6-3;;/h2-8H,9H2,1H3,(H2,17,18,19,20,21);2H,1H3;2H,1H3,(H3,5,6,7);2*1H4. The molecule has 4 aromatic heterocycles.